The van der Waals surface area contributed by atoms with Crippen molar-refractivity contribution < 1.29 is 14.3 Å². The van der Waals surface area contributed by atoms with Gasteiger partial charge in [-0.3, -0.25) is 0 Å². The average molecular weight is 397 g/mol. The third-order valence-electron chi connectivity index (χ3n) is 6.76. The molecule has 5 heteroatoms. The quantitative estimate of drug-likeness (QED) is 0.627. The topological polar surface area (TPSA) is 45.3 Å². The molecule has 3 heterocycles. The number of carbonyl (C=O) groups is 1. The Balaban J connectivity index is 1.50. The Bertz CT molecular complexity index is 810. The highest BCUT2D eigenvalue weighted by Gasteiger charge is 2.41. The number of hydrogen-bond donors (Lipinski definition) is 0. The summed E-state index contributed by atoms with van der Waals surface area (Å²) < 4.78 is 11.6. The summed E-state index contributed by atoms with van der Waals surface area (Å²) in [5.74, 6) is 0. The van der Waals surface area contributed by atoms with Crippen molar-refractivity contribution in [3.8, 4) is 0 Å². The van der Waals surface area contributed by atoms with E-state index in [0.29, 0.717) is 0 Å². The lowest BCUT2D eigenvalue weighted by Gasteiger charge is -2.43. The molecule has 156 valence electrons. The number of cyclic esters (lactones) is 1. The zero-order chi connectivity index (χ0) is 20.6. The number of likely N-dealkylation sites (N-methyl/N-ethyl adjacent to an activating group) is 1. The van der Waals surface area contributed by atoms with Crippen LogP contribution in [0.5, 0.6) is 0 Å². The van der Waals surface area contributed by atoms with Crippen LogP contribution in [0.3, 0.4) is 0 Å². The molecule has 29 heavy (non-hydrogen) atoms. The van der Waals surface area contributed by atoms with Crippen LogP contribution in [0.15, 0.2) is 42.6 Å². The van der Waals surface area contributed by atoms with Gasteiger partial charge in [-0.05, 0) is 48.1 Å². The van der Waals surface area contributed by atoms with Gasteiger partial charge >= 0.3 is 6.09 Å². The number of epoxide rings is 1. The van der Waals surface area contributed by atoms with Crippen LogP contribution in [0.2, 0.25) is 0 Å². The highest BCUT2D eigenvalue weighted by atomic mass is 16.6. The van der Waals surface area contributed by atoms with Gasteiger partial charge in [0, 0.05) is 26.2 Å². The minimum absolute atomic E-state index is 0.0456. The number of fused-ring (bicyclic) bond motifs is 1. The highest BCUT2D eigenvalue weighted by Crippen LogP contribution is 2.36. The molecule has 3 unspecified atom stereocenters. The number of carbonyl (C=O) groups excluding carboxylic acids is 1. The Kier molecular flexibility index (Phi) is 5.43. The van der Waals surface area contributed by atoms with E-state index in [2.05, 4.69) is 68.3 Å². The van der Waals surface area contributed by atoms with Crippen LogP contribution in [-0.4, -0.2) is 47.4 Å². The molecule has 3 atom stereocenters. The lowest BCUT2D eigenvalue weighted by atomic mass is 9.90. The molecule has 0 bridgehead atoms. The van der Waals surface area contributed by atoms with Gasteiger partial charge < -0.3 is 19.3 Å². The van der Waals surface area contributed by atoms with Gasteiger partial charge in [0.2, 0.25) is 0 Å². The number of hydrogen-bond acceptors (Lipinski definition) is 4. The van der Waals surface area contributed by atoms with Gasteiger partial charge in [-0.25, -0.2) is 4.79 Å². The van der Waals surface area contributed by atoms with Crippen molar-refractivity contribution in [2.75, 3.05) is 13.6 Å². The molecule has 5 nitrogen and oxygen atoms in total. The highest BCUT2D eigenvalue weighted by molar-refractivity contribution is 5.75. The summed E-state index contributed by atoms with van der Waals surface area (Å²) >= 11 is 0. The number of nitrogens with zero attached hydrogens (tertiary/aromatic N) is 2. The van der Waals surface area contributed by atoms with E-state index in [-0.39, 0.29) is 30.1 Å². The Morgan fingerprint density at radius 1 is 1.17 bits per heavy atom. The van der Waals surface area contributed by atoms with Crippen molar-refractivity contribution in [1.82, 2.24) is 9.80 Å². The van der Waals surface area contributed by atoms with Crippen molar-refractivity contribution in [2.24, 2.45) is 0 Å². The summed E-state index contributed by atoms with van der Waals surface area (Å²) in [6.07, 6.45) is 10.1. The largest absolute Gasteiger partial charge is 0.443 e. The van der Waals surface area contributed by atoms with E-state index in [1.54, 1.807) is 0 Å². The second kappa shape index (κ2) is 7.86. The summed E-state index contributed by atoms with van der Waals surface area (Å²) in [6.45, 7) is 7.09. The predicted octanol–water partition coefficient (Wildman–Crippen LogP) is 5.11. The molecule has 1 aromatic rings. The lowest BCUT2D eigenvalue weighted by molar-refractivity contribution is -0.0621. The van der Waals surface area contributed by atoms with Crippen molar-refractivity contribution in [1.29, 1.82) is 0 Å². The van der Waals surface area contributed by atoms with Gasteiger partial charge in [0.1, 0.15) is 11.7 Å². The molecule has 0 aliphatic carbocycles. The zero-order valence-corrected chi connectivity index (χ0v) is 17.9. The van der Waals surface area contributed by atoms with E-state index >= 15 is 0 Å². The predicted molar refractivity (Wildman–Crippen MR) is 114 cm³/mol. The SMILES string of the molecule is CCC(c1ccc(C2=CC3OC3N(C)C=C2)cc1)N1CCC(CC)(CC)OC1=O. The van der Waals surface area contributed by atoms with Crippen LogP contribution in [-0.2, 0) is 9.47 Å². The molecule has 2 saturated heterocycles. The van der Waals surface area contributed by atoms with Gasteiger partial charge in [0.05, 0.1) is 6.04 Å². The molecule has 0 spiro atoms. The Labute approximate surface area is 174 Å². The lowest BCUT2D eigenvalue weighted by Crippen LogP contribution is -2.50. The molecule has 3 aliphatic heterocycles. The standard InChI is InChI=1S/C24H32N2O3/c1-5-20(26-15-13-24(6-2,7-3)29-23(26)27)18-10-8-17(9-11-18)19-12-14-25(4)22-21(16-19)28-22/h8-12,14,16,20-22H,5-7,13,15H2,1-4H3. The zero-order valence-electron chi connectivity index (χ0n) is 17.9. The number of ether oxygens (including phenoxy) is 2. The molecule has 1 amide bonds. The molecule has 1 aromatic carbocycles. The first kappa shape index (κ1) is 20.0. The first-order valence-electron chi connectivity index (χ1n) is 10.9. The maximum atomic E-state index is 12.8. The number of rotatable bonds is 6. The van der Waals surface area contributed by atoms with Crippen LogP contribution in [0, 0.1) is 0 Å². The fourth-order valence-corrected chi connectivity index (χ4v) is 4.55. The van der Waals surface area contributed by atoms with Crippen molar-refractivity contribution in [2.45, 2.75) is 70.4 Å². The van der Waals surface area contributed by atoms with Crippen molar-refractivity contribution in [3.63, 3.8) is 0 Å². The third kappa shape index (κ3) is 3.80. The molecule has 0 aromatic heterocycles. The molecule has 4 rings (SSSR count). The second-order valence-corrected chi connectivity index (χ2v) is 8.34. The number of benzene rings is 1. The van der Waals surface area contributed by atoms with Gasteiger partial charge in [0.25, 0.3) is 0 Å². The number of allylic oxidation sites excluding steroid dienone is 2. The van der Waals surface area contributed by atoms with Crippen LogP contribution in [0.1, 0.15) is 63.6 Å². The van der Waals surface area contributed by atoms with Crippen LogP contribution >= 0.6 is 0 Å². The fourth-order valence-electron chi connectivity index (χ4n) is 4.55. The van der Waals surface area contributed by atoms with Crippen LogP contribution in [0.25, 0.3) is 5.57 Å². The van der Waals surface area contributed by atoms with E-state index in [9.17, 15) is 4.79 Å². The second-order valence-electron chi connectivity index (χ2n) is 8.34. The molecule has 2 fully saturated rings. The van der Waals surface area contributed by atoms with Crippen molar-refractivity contribution in [3.05, 3.63) is 53.7 Å². The van der Waals surface area contributed by atoms with E-state index in [4.69, 9.17) is 9.47 Å². The summed E-state index contributed by atoms with van der Waals surface area (Å²) in [6, 6.07) is 8.63. The minimum atomic E-state index is -0.288. The van der Waals surface area contributed by atoms with Gasteiger partial charge in [-0.15, -0.1) is 0 Å². The summed E-state index contributed by atoms with van der Waals surface area (Å²) in [5, 5.41) is 0. The minimum Gasteiger partial charge on any atom is -0.443 e. The van der Waals surface area contributed by atoms with Gasteiger partial charge in [0.15, 0.2) is 6.23 Å². The summed E-state index contributed by atoms with van der Waals surface area (Å²) in [7, 11) is 2.04. The van der Waals surface area contributed by atoms with Crippen molar-refractivity contribution >= 4 is 11.7 Å². The average Bonchev–Trinajstić information content (AvgIpc) is 3.53. The monoisotopic (exact) mass is 396 g/mol. The first-order chi connectivity index (χ1) is 14.0. The summed E-state index contributed by atoms with van der Waals surface area (Å²) in [5.41, 5.74) is 3.21. The normalized spacial score (nSPS) is 26.3. The van der Waals surface area contributed by atoms with Crippen LogP contribution in [0.4, 0.5) is 4.79 Å². The maximum absolute atomic E-state index is 12.8. The Morgan fingerprint density at radius 2 is 1.90 bits per heavy atom. The Morgan fingerprint density at radius 3 is 2.52 bits per heavy atom. The molecule has 3 aliphatic rings. The summed E-state index contributed by atoms with van der Waals surface area (Å²) in [4.78, 5) is 16.8. The maximum Gasteiger partial charge on any atom is 0.410 e. The third-order valence-corrected chi connectivity index (χ3v) is 6.76. The Hall–Kier alpha value is -2.27. The van der Waals surface area contributed by atoms with E-state index in [1.807, 2.05) is 11.9 Å². The number of amides is 1. The molecule has 0 radical (unpaired) electrons. The van der Waals surface area contributed by atoms with Gasteiger partial charge in [-0.1, -0.05) is 45.0 Å². The first-order valence-corrected chi connectivity index (χ1v) is 10.9. The van der Waals surface area contributed by atoms with E-state index in [1.165, 1.54) is 11.1 Å². The molecular weight excluding hydrogens is 364 g/mol. The van der Waals surface area contributed by atoms with Crippen LogP contribution < -0.4 is 0 Å². The van der Waals surface area contributed by atoms with E-state index in [0.717, 1.165) is 37.8 Å². The molecule has 0 saturated carbocycles. The van der Waals surface area contributed by atoms with Gasteiger partial charge in [-0.2, -0.15) is 0 Å². The van der Waals surface area contributed by atoms with E-state index < -0.39 is 0 Å². The molecule has 0 N–H and O–H groups in total. The fraction of sp³-hybridized carbons (Fsp3) is 0.542. The molecular formula is C24H32N2O3. The smallest absolute Gasteiger partial charge is 0.410 e.